The Labute approximate surface area is 131 Å². The first-order valence-electron chi connectivity index (χ1n) is 7.74. The summed E-state index contributed by atoms with van der Waals surface area (Å²) in [5.74, 6) is -0.493. The Kier molecular flexibility index (Phi) is 4.69. The summed E-state index contributed by atoms with van der Waals surface area (Å²) in [5, 5.41) is 2.94. The Morgan fingerprint density at radius 1 is 1.23 bits per heavy atom. The smallest absolute Gasteiger partial charge is 0.249 e. The number of allylic oxidation sites excluding steroid dienone is 2. The first kappa shape index (κ1) is 16.3. The van der Waals surface area contributed by atoms with E-state index in [2.05, 4.69) is 11.4 Å². The van der Waals surface area contributed by atoms with Gasteiger partial charge in [0.2, 0.25) is 11.8 Å². The average molecular weight is 300 g/mol. The highest BCUT2D eigenvalue weighted by Gasteiger charge is 2.24. The number of amides is 2. The first-order valence-corrected chi connectivity index (χ1v) is 7.74. The number of carbonyl (C=O) groups excluding carboxylic acids is 2. The van der Waals surface area contributed by atoms with Gasteiger partial charge in [-0.3, -0.25) is 9.59 Å². The molecular formula is C18H24N2O2. The van der Waals surface area contributed by atoms with Crippen LogP contribution in [0.4, 0.5) is 0 Å². The van der Waals surface area contributed by atoms with E-state index in [-0.39, 0.29) is 5.91 Å². The molecule has 0 aliphatic heterocycles. The van der Waals surface area contributed by atoms with Gasteiger partial charge in [0.25, 0.3) is 0 Å². The molecule has 118 valence electrons. The Morgan fingerprint density at radius 3 is 2.50 bits per heavy atom. The van der Waals surface area contributed by atoms with Gasteiger partial charge in [-0.25, -0.2) is 0 Å². The van der Waals surface area contributed by atoms with Crippen molar-refractivity contribution in [2.75, 3.05) is 0 Å². The van der Waals surface area contributed by atoms with Gasteiger partial charge in [-0.2, -0.15) is 0 Å². The predicted octanol–water partition coefficient (Wildman–Crippen LogP) is 3.11. The molecular weight excluding hydrogens is 276 g/mol. The molecule has 0 spiro atoms. The molecule has 0 radical (unpaired) electrons. The zero-order valence-electron chi connectivity index (χ0n) is 13.5. The highest BCUT2D eigenvalue weighted by Crippen LogP contribution is 2.32. The Morgan fingerprint density at radius 2 is 1.95 bits per heavy atom. The summed E-state index contributed by atoms with van der Waals surface area (Å²) in [7, 11) is 0. The molecule has 1 aliphatic carbocycles. The summed E-state index contributed by atoms with van der Waals surface area (Å²) in [6.07, 6.45) is 6.51. The summed E-state index contributed by atoms with van der Waals surface area (Å²) in [6, 6.07) is 5.63. The third kappa shape index (κ3) is 3.56. The number of rotatable bonds is 4. The van der Waals surface area contributed by atoms with Gasteiger partial charge in [0.1, 0.15) is 0 Å². The van der Waals surface area contributed by atoms with E-state index >= 15 is 0 Å². The minimum absolute atomic E-state index is 0.0811. The SMILES string of the molecule is CC(=O)NC(C)(C)c1ccc(C(N)=O)c(C2=CCCCC2)c1. The average Bonchev–Trinajstić information content (AvgIpc) is 2.46. The van der Waals surface area contributed by atoms with Crippen LogP contribution in [0.5, 0.6) is 0 Å². The van der Waals surface area contributed by atoms with Crippen molar-refractivity contribution in [3.05, 3.63) is 41.0 Å². The molecule has 3 N–H and O–H groups in total. The van der Waals surface area contributed by atoms with Gasteiger partial charge in [-0.1, -0.05) is 12.1 Å². The zero-order chi connectivity index (χ0) is 16.3. The lowest BCUT2D eigenvalue weighted by atomic mass is 9.85. The Balaban J connectivity index is 2.49. The summed E-state index contributed by atoms with van der Waals surface area (Å²) >= 11 is 0. The second-order valence-electron chi connectivity index (χ2n) is 6.41. The molecule has 0 heterocycles. The summed E-state index contributed by atoms with van der Waals surface area (Å²) < 4.78 is 0. The maximum atomic E-state index is 11.7. The molecule has 0 aromatic heterocycles. The molecule has 4 nitrogen and oxygen atoms in total. The molecule has 0 saturated carbocycles. The Hall–Kier alpha value is -2.10. The van der Waals surface area contributed by atoms with E-state index in [0.717, 1.165) is 30.4 Å². The molecule has 0 saturated heterocycles. The second-order valence-corrected chi connectivity index (χ2v) is 6.41. The van der Waals surface area contributed by atoms with Crippen molar-refractivity contribution in [3.63, 3.8) is 0 Å². The van der Waals surface area contributed by atoms with Gasteiger partial charge in [0, 0.05) is 12.5 Å². The van der Waals surface area contributed by atoms with Gasteiger partial charge in [-0.05, 0) is 68.4 Å². The number of carbonyl (C=O) groups is 2. The van der Waals surface area contributed by atoms with Crippen LogP contribution in [0.15, 0.2) is 24.3 Å². The minimum Gasteiger partial charge on any atom is -0.366 e. The van der Waals surface area contributed by atoms with E-state index in [1.807, 2.05) is 26.0 Å². The van der Waals surface area contributed by atoms with Crippen molar-refractivity contribution in [1.29, 1.82) is 0 Å². The van der Waals surface area contributed by atoms with Crippen LogP contribution in [-0.2, 0) is 10.3 Å². The van der Waals surface area contributed by atoms with Crippen LogP contribution in [-0.4, -0.2) is 11.8 Å². The van der Waals surface area contributed by atoms with Crippen molar-refractivity contribution in [2.24, 2.45) is 5.73 Å². The molecule has 4 heteroatoms. The van der Waals surface area contributed by atoms with E-state index < -0.39 is 11.4 Å². The van der Waals surface area contributed by atoms with Gasteiger partial charge in [-0.15, -0.1) is 0 Å². The van der Waals surface area contributed by atoms with E-state index in [4.69, 9.17) is 5.73 Å². The highest BCUT2D eigenvalue weighted by atomic mass is 16.1. The van der Waals surface area contributed by atoms with E-state index in [9.17, 15) is 9.59 Å². The number of benzene rings is 1. The number of hydrogen-bond donors (Lipinski definition) is 2. The molecule has 1 aliphatic rings. The van der Waals surface area contributed by atoms with E-state index in [1.165, 1.54) is 18.9 Å². The van der Waals surface area contributed by atoms with Crippen LogP contribution in [0.25, 0.3) is 5.57 Å². The van der Waals surface area contributed by atoms with Crippen LogP contribution >= 0.6 is 0 Å². The fraction of sp³-hybridized carbons (Fsp3) is 0.444. The maximum absolute atomic E-state index is 11.7. The Bertz CT molecular complexity index is 630. The molecule has 1 aromatic carbocycles. The van der Waals surface area contributed by atoms with Crippen molar-refractivity contribution in [3.8, 4) is 0 Å². The maximum Gasteiger partial charge on any atom is 0.249 e. The van der Waals surface area contributed by atoms with Crippen LogP contribution in [0.1, 0.15) is 67.9 Å². The lowest BCUT2D eigenvalue weighted by Gasteiger charge is -2.28. The minimum atomic E-state index is -0.494. The van der Waals surface area contributed by atoms with Crippen molar-refractivity contribution in [1.82, 2.24) is 5.32 Å². The number of nitrogens with two attached hydrogens (primary N) is 1. The topological polar surface area (TPSA) is 72.2 Å². The van der Waals surface area contributed by atoms with Crippen LogP contribution in [0.3, 0.4) is 0 Å². The molecule has 0 atom stereocenters. The van der Waals surface area contributed by atoms with Gasteiger partial charge in [0.15, 0.2) is 0 Å². The van der Waals surface area contributed by atoms with Crippen LogP contribution < -0.4 is 11.1 Å². The largest absolute Gasteiger partial charge is 0.366 e. The normalized spacial score (nSPS) is 15.1. The van der Waals surface area contributed by atoms with Crippen molar-refractivity contribution in [2.45, 2.75) is 52.0 Å². The summed E-state index contributed by atoms with van der Waals surface area (Å²) in [6.45, 7) is 5.41. The molecule has 0 unspecified atom stereocenters. The van der Waals surface area contributed by atoms with Crippen molar-refractivity contribution >= 4 is 17.4 Å². The van der Waals surface area contributed by atoms with Crippen LogP contribution in [0, 0.1) is 0 Å². The lowest BCUT2D eigenvalue weighted by Crippen LogP contribution is -2.39. The molecule has 0 fully saturated rings. The molecule has 2 rings (SSSR count). The summed E-state index contributed by atoms with van der Waals surface area (Å²) in [5.41, 5.74) is 8.64. The molecule has 22 heavy (non-hydrogen) atoms. The monoisotopic (exact) mass is 300 g/mol. The standard InChI is InChI=1S/C18H24N2O2/c1-12(21)20-18(2,3)14-9-10-15(17(19)22)16(11-14)13-7-5-4-6-8-13/h7,9-11H,4-6,8H2,1-3H3,(H2,19,22)(H,20,21). The third-order valence-electron chi connectivity index (χ3n) is 4.13. The number of primary amides is 1. The number of nitrogens with one attached hydrogen (secondary N) is 1. The predicted molar refractivity (Wildman–Crippen MR) is 88.2 cm³/mol. The lowest BCUT2D eigenvalue weighted by molar-refractivity contribution is -0.120. The second kappa shape index (κ2) is 6.34. The van der Waals surface area contributed by atoms with Crippen molar-refractivity contribution < 1.29 is 9.59 Å². The van der Waals surface area contributed by atoms with Gasteiger partial charge >= 0.3 is 0 Å². The quantitative estimate of drug-likeness (QED) is 0.896. The van der Waals surface area contributed by atoms with Gasteiger partial charge < -0.3 is 11.1 Å². The van der Waals surface area contributed by atoms with E-state index in [1.54, 1.807) is 6.07 Å². The molecule has 0 bridgehead atoms. The summed E-state index contributed by atoms with van der Waals surface area (Å²) in [4.78, 5) is 23.1. The fourth-order valence-corrected chi connectivity index (χ4v) is 3.01. The third-order valence-corrected chi connectivity index (χ3v) is 4.13. The highest BCUT2D eigenvalue weighted by molar-refractivity contribution is 5.98. The molecule has 2 amide bonds. The van der Waals surface area contributed by atoms with Gasteiger partial charge in [0.05, 0.1) is 5.54 Å². The first-order chi connectivity index (χ1) is 10.3. The fourth-order valence-electron chi connectivity index (χ4n) is 3.01. The molecule has 1 aromatic rings. The number of hydrogen-bond acceptors (Lipinski definition) is 2. The van der Waals surface area contributed by atoms with Crippen LogP contribution in [0.2, 0.25) is 0 Å². The zero-order valence-corrected chi connectivity index (χ0v) is 13.5. The van der Waals surface area contributed by atoms with E-state index in [0.29, 0.717) is 5.56 Å².